The van der Waals surface area contributed by atoms with Gasteiger partial charge < -0.3 is 9.88 Å². The molecule has 0 radical (unpaired) electrons. The van der Waals surface area contributed by atoms with Crippen molar-refractivity contribution in [3.8, 4) is 0 Å². The number of aromatic nitrogens is 2. The smallest absolute Gasteiger partial charge is 0.203 e. The zero-order valence-corrected chi connectivity index (χ0v) is 9.25. The van der Waals surface area contributed by atoms with Gasteiger partial charge in [0.15, 0.2) is 0 Å². The number of rotatable bonds is 4. The van der Waals surface area contributed by atoms with Gasteiger partial charge in [0.05, 0.1) is 0 Å². The second-order valence-electron chi connectivity index (χ2n) is 4.61. The SMILES string of the molecule is C=CCNc1nccn1CC(C)(C)C. The average Bonchev–Trinajstić information content (AvgIpc) is 2.45. The van der Waals surface area contributed by atoms with Crippen LogP contribution < -0.4 is 5.32 Å². The summed E-state index contributed by atoms with van der Waals surface area (Å²) >= 11 is 0. The Hall–Kier alpha value is -1.25. The molecule has 1 aromatic heterocycles. The molecule has 0 aliphatic carbocycles. The molecule has 78 valence electrons. The Balaban J connectivity index is 2.67. The minimum Gasteiger partial charge on any atom is -0.352 e. The maximum Gasteiger partial charge on any atom is 0.203 e. The van der Waals surface area contributed by atoms with Crippen LogP contribution >= 0.6 is 0 Å². The summed E-state index contributed by atoms with van der Waals surface area (Å²) in [5.41, 5.74) is 0.269. The Morgan fingerprint density at radius 2 is 2.29 bits per heavy atom. The van der Waals surface area contributed by atoms with Crippen LogP contribution in [0.5, 0.6) is 0 Å². The summed E-state index contributed by atoms with van der Waals surface area (Å²) in [6.45, 7) is 12.0. The van der Waals surface area contributed by atoms with E-state index < -0.39 is 0 Å². The summed E-state index contributed by atoms with van der Waals surface area (Å²) in [5.74, 6) is 0.917. The van der Waals surface area contributed by atoms with E-state index in [1.807, 2.05) is 18.5 Å². The highest BCUT2D eigenvalue weighted by Crippen LogP contribution is 2.18. The second kappa shape index (κ2) is 4.31. The first-order valence-electron chi connectivity index (χ1n) is 4.89. The molecule has 1 N–H and O–H groups in total. The lowest BCUT2D eigenvalue weighted by Gasteiger charge is -2.20. The highest BCUT2D eigenvalue weighted by Gasteiger charge is 2.12. The van der Waals surface area contributed by atoms with Crippen molar-refractivity contribution < 1.29 is 0 Å². The highest BCUT2D eigenvalue weighted by molar-refractivity contribution is 5.26. The Labute approximate surface area is 85.8 Å². The summed E-state index contributed by atoms with van der Waals surface area (Å²) in [4.78, 5) is 4.24. The molecule has 0 aromatic carbocycles. The van der Waals surface area contributed by atoms with Crippen LogP contribution in [0.25, 0.3) is 0 Å². The normalized spacial score (nSPS) is 11.4. The van der Waals surface area contributed by atoms with Gasteiger partial charge in [-0.15, -0.1) is 6.58 Å². The number of nitrogens with one attached hydrogen (secondary N) is 1. The molecule has 0 spiro atoms. The Kier molecular flexibility index (Phi) is 3.33. The molecule has 1 rings (SSSR count). The molecule has 0 saturated heterocycles. The molecule has 0 unspecified atom stereocenters. The van der Waals surface area contributed by atoms with Crippen LogP contribution in [0.2, 0.25) is 0 Å². The standard InChI is InChI=1S/C11H19N3/c1-5-6-12-10-13-7-8-14(10)9-11(2,3)4/h5,7-8H,1,6,9H2,2-4H3,(H,12,13). The van der Waals surface area contributed by atoms with E-state index in [9.17, 15) is 0 Å². The van der Waals surface area contributed by atoms with Gasteiger partial charge in [0.2, 0.25) is 5.95 Å². The molecule has 0 saturated carbocycles. The van der Waals surface area contributed by atoms with Gasteiger partial charge in [-0.1, -0.05) is 26.8 Å². The number of anilines is 1. The third-order valence-electron chi connectivity index (χ3n) is 1.76. The average molecular weight is 193 g/mol. The fourth-order valence-electron chi connectivity index (χ4n) is 1.28. The molecule has 0 aliphatic rings. The van der Waals surface area contributed by atoms with E-state index in [-0.39, 0.29) is 5.41 Å². The monoisotopic (exact) mass is 193 g/mol. The number of hydrogen-bond donors (Lipinski definition) is 1. The zero-order chi connectivity index (χ0) is 10.6. The lowest BCUT2D eigenvalue weighted by Crippen LogP contribution is -2.17. The molecular formula is C11H19N3. The van der Waals surface area contributed by atoms with E-state index in [4.69, 9.17) is 0 Å². The number of nitrogens with zero attached hydrogens (tertiary/aromatic N) is 2. The van der Waals surface area contributed by atoms with Crippen molar-refractivity contribution in [3.05, 3.63) is 25.0 Å². The van der Waals surface area contributed by atoms with Gasteiger partial charge in [-0.25, -0.2) is 4.98 Å². The van der Waals surface area contributed by atoms with E-state index in [1.54, 1.807) is 0 Å². The van der Waals surface area contributed by atoms with Crippen LogP contribution in [0.15, 0.2) is 25.0 Å². The minimum absolute atomic E-state index is 0.269. The Morgan fingerprint density at radius 3 is 2.86 bits per heavy atom. The van der Waals surface area contributed by atoms with E-state index in [1.165, 1.54) is 0 Å². The van der Waals surface area contributed by atoms with Gasteiger partial charge >= 0.3 is 0 Å². The largest absolute Gasteiger partial charge is 0.352 e. The summed E-state index contributed by atoms with van der Waals surface area (Å²) < 4.78 is 2.13. The third kappa shape index (κ3) is 3.24. The summed E-state index contributed by atoms with van der Waals surface area (Å²) in [6.07, 6.45) is 5.64. The van der Waals surface area contributed by atoms with Gasteiger partial charge in [-0.3, -0.25) is 0 Å². The minimum atomic E-state index is 0.269. The topological polar surface area (TPSA) is 29.9 Å². The number of hydrogen-bond acceptors (Lipinski definition) is 2. The van der Waals surface area contributed by atoms with Crippen LogP contribution in [0, 0.1) is 5.41 Å². The third-order valence-corrected chi connectivity index (χ3v) is 1.76. The first kappa shape index (κ1) is 10.8. The second-order valence-corrected chi connectivity index (χ2v) is 4.61. The van der Waals surface area contributed by atoms with Gasteiger partial charge in [0.1, 0.15) is 0 Å². The molecule has 3 heteroatoms. The van der Waals surface area contributed by atoms with Crippen molar-refractivity contribution in [2.75, 3.05) is 11.9 Å². The predicted molar refractivity (Wildman–Crippen MR) is 60.4 cm³/mol. The molecule has 0 amide bonds. The van der Waals surface area contributed by atoms with Crippen molar-refractivity contribution >= 4 is 5.95 Å². The van der Waals surface area contributed by atoms with Gasteiger partial charge in [0.25, 0.3) is 0 Å². The molecule has 14 heavy (non-hydrogen) atoms. The van der Waals surface area contributed by atoms with Crippen molar-refractivity contribution in [1.29, 1.82) is 0 Å². The predicted octanol–water partition coefficient (Wildman–Crippen LogP) is 2.53. The van der Waals surface area contributed by atoms with Gasteiger partial charge in [0, 0.05) is 25.5 Å². The Bertz CT molecular complexity index is 294. The quantitative estimate of drug-likeness (QED) is 0.745. The van der Waals surface area contributed by atoms with Crippen LogP contribution in [0.3, 0.4) is 0 Å². The first-order chi connectivity index (χ1) is 6.53. The van der Waals surface area contributed by atoms with E-state index >= 15 is 0 Å². The Morgan fingerprint density at radius 1 is 1.57 bits per heavy atom. The molecular weight excluding hydrogens is 174 g/mol. The highest BCUT2D eigenvalue weighted by atomic mass is 15.2. The van der Waals surface area contributed by atoms with Gasteiger partial charge in [-0.05, 0) is 5.41 Å². The van der Waals surface area contributed by atoms with Crippen molar-refractivity contribution in [3.63, 3.8) is 0 Å². The lowest BCUT2D eigenvalue weighted by molar-refractivity contribution is 0.345. The maximum atomic E-state index is 4.24. The van der Waals surface area contributed by atoms with E-state index in [0.717, 1.165) is 19.0 Å². The molecule has 1 aromatic rings. The van der Waals surface area contributed by atoms with Crippen LogP contribution in [0.1, 0.15) is 20.8 Å². The summed E-state index contributed by atoms with van der Waals surface area (Å²) in [5, 5.41) is 3.20. The molecule has 1 heterocycles. The summed E-state index contributed by atoms with van der Waals surface area (Å²) in [7, 11) is 0. The fraction of sp³-hybridized carbons (Fsp3) is 0.545. The van der Waals surface area contributed by atoms with Gasteiger partial charge in [-0.2, -0.15) is 0 Å². The van der Waals surface area contributed by atoms with Crippen molar-refractivity contribution in [1.82, 2.24) is 9.55 Å². The lowest BCUT2D eigenvalue weighted by atomic mass is 9.97. The van der Waals surface area contributed by atoms with Crippen LogP contribution in [-0.4, -0.2) is 16.1 Å². The summed E-state index contributed by atoms with van der Waals surface area (Å²) in [6, 6.07) is 0. The molecule has 3 nitrogen and oxygen atoms in total. The molecule has 0 fully saturated rings. The molecule has 0 atom stereocenters. The molecule has 0 bridgehead atoms. The van der Waals surface area contributed by atoms with Crippen LogP contribution in [0.4, 0.5) is 5.95 Å². The molecule has 0 aliphatic heterocycles. The van der Waals surface area contributed by atoms with Crippen LogP contribution in [-0.2, 0) is 6.54 Å². The van der Waals surface area contributed by atoms with Crippen molar-refractivity contribution in [2.24, 2.45) is 5.41 Å². The first-order valence-corrected chi connectivity index (χ1v) is 4.89. The van der Waals surface area contributed by atoms with Crippen molar-refractivity contribution in [2.45, 2.75) is 27.3 Å². The fourth-order valence-corrected chi connectivity index (χ4v) is 1.28. The maximum absolute atomic E-state index is 4.24. The zero-order valence-electron chi connectivity index (χ0n) is 9.25. The van der Waals surface area contributed by atoms with E-state index in [2.05, 4.69) is 42.2 Å². The van der Waals surface area contributed by atoms with E-state index in [0.29, 0.717) is 0 Å². The number of imidazole rings is 1.